The molecule has 1 aromatic carbocycles. The Morgan fingerprint density at radius 2 is 1.85 bits per heavy atom. The molecule has 106 valence electrons. The number of nitrogens with one attached hydrogen (secondary N) is 3. The molecule has 1 aliphatic rings. The van der Waals surface area contributed by atoms with Crippen LogP contribution in [0.3, 0.4) is 0 Å². The van der Waals surface area contributed by atoms with E-state index in [1.807, 2.05) is 0 Å². The minimum atomic E-state index is -1.10. The van der Waals surface area contributed by atoms with Gasteiger partial charge in [0.15, 0.2) is 0 Å². The van der Waals surface area contributed by atoms with Gasteiger partial charge in [-0.05, 0) is 24.3 Å². The molecule has 0 spiro atoms. The zero-order valence-electron chi connectivity index (χ0n) is 10.7. The van der Waals surface area contributed by atoms with E-state index < -0.39 is 18.4 Å². The summed E-state index contributed by atoms with van der Waals surface area (Å²) in [4.78, 5) is 33.6. The summed E-state index contributed by atoms with van der Waals surface area (Å²) in [7, 11) is 0. The Morgan fingerprint density at radius 3 is 2.35 bits per heavy atom. The molecule has 1 aromatic rings. The summed E-state index contributed by atoms with van der Waals surface area (Å²) in [6, 6.07) is 6.29. The molecule has 2 amide bonds. The van der Waals surface area contributed by atoms with Gasteiger partial charge in [-0.25, -0.2) is 0 Å². The van der Waals surface area contributed by atoms with Crippen LogP contribution in [-0.4, -0.2) is 42.5 Å². The second kappa shape index (κ2) is 6.16. The maximum Gasteiger partial charge on any atom is 0.322 e. The monoisotopic (exact) mass is 277 g/mol. The number of carboxylic acids is 1. The smallest absolute Gasteiger partial charge is 0.322 e. The molecule has 0 unspecified atom stereocenters. The molecule has 1 saturated heterocycles. The quantitative estimate of drug-likeness (QED) is 0.589. The number of aliphatic carboxylic acids is 1. The van der Waals surface area contributed by atoms with Gasteiger partial charge in [0.1, 0.15) is 6.54 Å². The molecule has 2 rings (SSSR count). The van der Waals surface area contributed by atoms with Gasteiger partial charge >= 0.3 is 5.97 Å². The average molecular weight is 277 g/mol. The summed E-state index contributed by atoms with van der Waals surface area (Å²) >= 11 is 0. The standard InChI is InChI=1S/C13H15N3O4/c17-11(18)7-15-12(19)8-1-3-10(4-2-8)16-13(20)9-5-14-6-9/h1-4,9,14H,5-7H2,(H,15,19)(H,16,20)(H,17,18). The van der Waals surface area contributed by atoms with Gasteiger partial charge in [-0.2, -0.15) is 0 Å². The maximum atomic E-state index is 11.7. The SMILES string of the molecule is O=C(O)CNC(=O)c1ccc(NC(=O)C2CNC2)cc1. The van der Waals surface area contributed by atoms with Crippen molar-refractivity contribution in [2.24, 2.45) is 5.92 Å². The van der Waals surface area contributed by atoms with Crippen LogP contribution < -0.4 is 16.0 Å². The summed E-state index contributed by atoms with van der Waals surface area (Å²) < 4.78 is 0. The number of carbonyl (C=O) groups is 3. The van der Waals surface area contributed by atoms with Gasteiger partial charge in [-0.1, -0.05) is 0 Å². The van der Waals surface area contributed by atoms with E-state index in [-0.39, 0.29) is 11.8 Å². The summed E-state index contributed by atoms with van der Waals surface area (Å²) in [5, 5.41) is 16.5. The molecule has 0 bridgehead atoms. The highest BCUT2D eigenvalue weighted by Gasteiger charge is 2.24. The number of amides is 2. The molecule has 20 heavy (non-hydrogen) atoms. The second-order valence-electron chi connectivity index (χ2n) is 4.50. The van der Waals surface area contributed by atoms with E-state index >= 15 is 0 Å². The largest absolute Gasteiger partial charge is 0.480 e. The van der Waals surface area contributed by atoms with Crippen molar-refractivity contribution in [3.63, 3.8) is 0 Å². The Kier molecular flexibility index (Phi) is 4.31. The maximum absolute atomic E-state index is 11.7. The first-order chi connectivity index (χ1) is 9.56. The van der Waals surface area contributed by atoms with Gasteiger partial charge in [0.25, 0.3) is 5.91 Å². The Labute approximate surface area is 115 Å². The minimum absolute atomic E-state index is 0.00598. The molecule has 7 nitrogen and oxygen atoms in total. The van der Waals surface area contributed by atoms with E-state index in [1.54, 1.807) is 12.1 Å². The van der Waals surface area contributed by atoms with Crippen LogP contribution in [0.5, 0.6) is 0 Å². The predicted molar refractivity (Wildman–Crippen MR) is 71.4 cm³/mol. The number of hydrogen-bond donors (Lipinski definition) is 4. The number of carbonyl (C=O) groups excluding carboxylic acids is 2. The van der Waals surface area contributed by atoms with E-state index in [2.05, 4.69) is 16.0 Å². The van der Waals surface area contributed by atoms with Gasteiger partial charge in [-0.3, -0.25) is 14.4 Å². The van der Waals surface area contributed by atoms with E-state index in [0.717, 1.165) is 0 Å². The van der Waals surface area contributed by atoms with Gasteiger partial charge in [0.2, 0.25) is 5.91 Å². The Hall–Kier alpha value is -2.41. The molecule has 7 heteroatoms. The number of hydrogen-bond acceptors (Lipinski definition) is 4. The zero-order valence-corrected chi connectivity index (χ0v) is 10.7. The summed E-state index contributed by atoms with van der Waals surface area (Å²) in [5.41, 5.74) is 0.950. The van der Waals surface area contributed by atoms with Crippen LogP contribution >= 0.6 is 0 Å². The molecule has 0 radical (unpaired) electrons. The van der Waals surface area contributed by atoms with Gasteiger partial charge in [0, 0.05) is 24.3 Å². The van der Waals surface area contributed by atoms with Crippen molar-refractivity contribution in [3.05, 3.63) is 29.8 Å². The van der Waals surface area contributed by atoms with Crippen LogP contribution in [0.25, 0.3) is 0 Å². The van der Waals surface area contributed by atoms with Crippen molar-refractivity contribution < 1.29 is 19.5 Å². The van der Waals surface area contributed by atoms with Crippen LogP contribution in [0.4, 0.5) is 5.69 Å². The van der Waals surface area contributed by atoms with Crippen LogP contribution in [0.15, 0.2) is 24.3 Å². The summed E-state index contributed by atoms with van der Waals surface area (Å²) in [6.45, 7) is 0.940. The highest BCUT2D eigenvalue weighted by Crippen LogP contribution is 2.12. The lowest BCUT2D eigenvalue weighted by molar-refractivity contribution is -0.135. The van der Waals surface area contributed by atoms with E-state index in [9.17, 15) is 14.4 Å². The second-order valence-corrected chi connectivity index (χ2v) is 4.50. The van der Waals surface area contributed by atoms with Crippen molar-refractivity contribution >= 4 is 23.5 Å². The first-order valence-electron chi connectivity index (χ1n) is 6.18. The van der Waals surface area contributed by atoms with Crippen molar-refractivity contribution in [2.45, 2.75) is 0 Å². The lowest BCUT2D eigenvalue weighted by Gasteiger charge is -2.25. The molecule has 0 aliphatic carbocycles. The molecular weight excluding hydrogens is 262 g/mol. The lowest BCUT2D eigenvalue weighted by atomic mass is 10.0. The third-order valence-electron chi connectivity index (χ3n) is 2.97. The first kappa shape index (κ1) is 14.0. The van der Waals surface area contributed by atoms with Crippen LogP contribution in [0, 0.1) is 5.92 Å². The van der Waals surface area contributed by atoms with Crippen molar-refractivity contribution in [1.82, 2.24) is 10.6 Å². The lowest BCUT2D eigenvalue weighted by Crippen LogP contribution is -2.48. The van der Waals surface area contributed by atoms with Crippen LogP contribution in [-0.2, 0) is 9.59 Å². The molecular formula is C13H15N3O4. The molecule has 4 N–H and O–H groups in total. The van der Waals surface area contributed by atoms with Crippen molar-refractivity contribution in [3.8, 4) is 0 Å². The van der Waals surface area contributed by atoms with Crippen molar-refractivity contribution in [1.29, 1.82) is 0 Å². The molecule has 0 saturated carbocycles. The first-order valence-corrected chi connectivity index (χ1v) is 6.18. The highest BCUT2D eigenvalue weighted by atomic mass is 16.4. The fourth-order valence-corrected chi connectivity index (χ4v) is 1.68. The Balaban J connectivity index is 1.90. The van der Waals surface area contributed by atoms with Crippen molar-refractivity contribution in [2.75, 3.05) is 25.0 Å². The van der Waals surface area contributed by atoms with Gasteiger partial charge in [0.05, 0.1) is 5.92 Å². The van der Waals surface area contributed by atoms with Crippen LogP contribution in [0.2, 0.25) is 0 Å². The number of carboxylic acid groups (broad SMARTS) is 1. The predicted octanol–water partition coefficient (Wildman–Crippen LogP) is -0.341. The number of anilines is 1. The Morgan fingerprint density at radius 1 is 1.20 bits per heavy atom. The molecule has 1 heterocycles. The zero-order chi connectivity index (χ0) is 14.5. The fraction of sp³-hybridized carbons (Fsp3) is 0.308. The third kappa shape index (κ3) is 3.55. The molecule has 0 aromatic heterocycles. The Bertz CT molecular complexity index is 523. The molecule has 0 atom stereocenters. The summed E-state index contributed by atoms with van der Waals surface area (Å²) in [5.74, 6) is -1.62. The third-order valence-corrected chi connectivity index (χ3v) is 2.97. The van der Waals surface area contributed by atoms with Gasteiger partial charge in [-0.15, -0.1) is 0 Å². The summed E-state index contributed by atoms with van der Waals surface area (Å²) in [6.07, 6.45) is 0. The minimum Gasteiger partial charge on any atom is -0.480 e. The number of benzene rings is 1. The van der Waals surface area contributed by atoms with E-state index in [0.29, 0.717) is 24.3 Å². The highest BCUT2D eigenvalue weighted by molar-refractivity contribution is 5.97. The molecule has 1 fully saturated rings. The number of rotatable bonds is 5. The van der Waals surface area contributed by atoms with E-state index in [1.165, 1.54) is 12.1 Å². The topological polar surface area (TPSA) is 108 Å². The normalized spacial score (nSPS) is 14.2. The average Bonchev–Trinajstić information content (AvgIpc) is 2.34. The molecule has 1 aliphatic heterocycles. The van der Waals surface area contributed by atoms with Crippen LogP contribution in [0.1, 0.15) is 10.4 Å². The van der Waals surface area contributed by atoms with Gasteiger partial charge < -0.3 is 21.1 Å². The fourth-order valence-electron chi connectivity index (χ4n) is 1.68. The van der Waals surface area contributed by atoms with E-state index in [4.69, 9.17) is 5.11 Å².